The lowest BCUT2D eigenvalue weighted by molar-refractivity contribution is 0.673. The molecule has 1 unspecified atom stereocenters. The van der Waals surface area contributed by atoms with E-state index in [-0.39, 0.29) is 0 Å². The Bertz CT molecular complexity index is 2920. The molecule has 0 saturated heterocycles. The zero-order chi connectivity index (χ0) is 31.3. The van der Waals surface area contributed by atoms with Crippen LogP contribution in [0.5, 0.6) is 0 Å². The van der Waals surface area contributed by atoms with Gasteiger partial charge in [0.25, 0.3) is 0 Å². The van der Waals surface area contributed by atoms with Crippen molar-refractivity contribution in [2.75, 3.05) is 0 Å². The first kappa shape index (κ1) is 26.4. The molecule has 11 rings (SSSR count). The van der Waals surface area contributed by atoms with E-state index in [0.29, 0.717) is 5.92 Å². The van der Waals surface area contributed by atoms with Crippen LogP contribution in [0, 0.1) is 5.92 Å². The van der Waals surface area contributed by atoms with Crippen LogP contribution in [0.2, 0.25) is 0 Å². The Balaban J connectivity index is 1.15. The van der Waals surface area contributed by atoms with E-state index < -0.39 is 0 Å². The van der Waals surface area contributed by atoms with Crippen molar-refractivity contribution in [2.24, 2.45) is 5.92 Å². The summed E-state index contributed by atoms with van der Waals surface area (Å²) in [5, 5.41) is 12.5. The Morgan fingerprint density at radius 2 is 1.29 bits per heavy atom. The third kappa shape index (κ3) is 3.72. The van der Waals surface area contributed by atoms with Gasteiger partial charge in [-0.2, -0.15) is 0 Å². The molecule has 0 bridgehead atoms. The van der Waals surface area contributed by atoms with Crippen LogP contribution in [0.1, 0.15) is 12.0 Å². The standard InChI is InChI=1S/C46H28OS/c1-2-10-28-23-30(18-17-27(28)9-1)44-33-12-3-5-14-35(33)45(36-15-6-4-13-34(36)44)31-20-22-41-39(25-31)37-21-19-29-24-40-32-11-7-8-16-42(32)48-43(40)26-38(29)46(37)47-41/h1-22,24-26,28H,23H2. The molecule has 2 heteroatoms. The maximum atomic E-state index is 6.68. The van der Waals surface area contributed by atoms with Gasteiger partial charge in [0, 0.05) is 42.2 Å². The maximum absolute atomic E-state index is 6.68. The summed E-state index contributed by atoms with van der Waals surface area (Å²) in [7, 11) is 0. The van der Waals surface area contributed by atoms with Crippen LogP contribution >= 0.6 is 11.3 Å². The number of allylic oxidation sites excluding steroid dienone is 8. The molecule has 224 valence electrons. The molecule has 0 N–H and O–H groups in total. The van der Waals surface area contributed by atoms with Crippen molar-refractivity contribution >= 4 is 91.3 Å². The predicted molar refractivity (Wildman–Crippen MR) is 207 cm³/mol. The molecule has 0 fully saturated rings. The molecular formula is C46H28OS. The molecular weight excluding hydrogens is 601 g/mol. The molecule has 1 nitrogen and oxygen atoms in total. The van der Waals surface area contributed by atoms with Gasteiger partial charge in [-0.1, -0.05) is 115 Å². The molecule has 48 heavy (non-hydrogen) atoms. The molecule has 1 atom stereocenters. The van der Waals surface area contributed by atoms with E-state index in [2.05, 4.69) is 152 Å². The smallest absolute Gasteiger partial charge is 0.143 e. The lowest BCUT2D eigenvalue weighted by Crippen LogP contribution is -2.07. The van der Waals surface area contributed by atoms with Crippen molar-refractivity contribution < 1.29 is 4.42 Å². The number of furan rings is 1. The minimum Gasteiger partial charge on any atom is -0.455 e. The van der Waals surface area contributed by atoms with E-state index in [0.717, 1.165) is 28.4 Å². The summed E-state index contributed by atoms with van der Waals surface area (Å²) in [4.78, 5) is 0. The maximum Gasteiger partial charge on any atom is 0.143 e. The monoisotopic (exact) mass is 628 g/mol. The molecule has 2 aliphatic carbocycles. The quantitative estimate of drug-likeness (QED) is 0.174. The number of rotatable bonds is 2. The highest BCUT2D eigenvalue weighted by Crippen LogP contribution is 2.47. The molecule has 2 heterocycles. The normalized spacial score (nSPS) is 16.1. The zero-order valence-corrected chi connectivity index (χ0v) is 26.9. The van der Waals surface area contributed by atoms with Crippen LogP contribution in [-0.4, -0.2) is 0 Å². The molecule has 0 saturated carbocycles. The van der Waals surface area contributed by atoms with Gasteiger partial charge in [-0.3, -0.25) is 0 Å². The van der Waals surface area contributed by atoms with Crippen molar-refractivity contribution in [3.05, 3.63) is 163 Å². The van der Waals surface area contributed by atoms with Gasteiger partial charge in [0.15, 0.2) is 0 Å². The van der Waals surface area contributed by atoms with E-state index in [1.54, 1.807) is 0 Å². The fourth-order valence-corrected chi connectivity index (χ4v) is 9.50. The van der Waals surface area contributed by atoms with Gasteiger partial charge in [-0.25, -0.2) is 0 Å². The van der Waals surface area contributed by atoms with E-state index in [1.165, 1.54) is 80.3 Å². The second-order valence-corrected chi connectivity index (χ2v) is 14.3. The first-order valence-corrected chi connectivity index (χ1v) is 17.5. The summed E-state index contributed by atoms with van der Waals surface area (Å²) in [5.41, 5.74) is 8.54. The van der Waals surface area contributed by atoms with Crippen molar-refractivity contribution in [2.45, 2.75) is 6.42 Å². The van der Waals surface area contributed by atoms with Crippen LogP contribution in [0.25, 0.3) is 91.1 Å². The van der Waals surface area contributed by atoms with E-state index in [1.807, 2.05) is 11.3 Å². The van der Waals surface area contributed by atoms with Crippen LogP contribution < -0.4 is 0 Å². The topological polar surface area (TPSA) is 13.1 Å². The number of thiophene rings is 1. The summed E-state index contributed by atoms with van der Waals surface area (Å²) in [6.07, 6.45) is 14.6. The van der Waals surface area contributed by atoms with Gasteiger partial charge in [0.05, 0.1) is 0 Å². The third-order valence-electron chi connectivity index (χ3n) is 10.6. The average Bonchev–Trinajstić information content (AvgIpc) is 3.70. The second-order valence-electron chi connectivity index (χ2n) is 13.2. The lowest BCUT2D eigenvalue weighted by Gasteiger charge is -2.25. The molecule has 0 amide bonds. The number of hydrogen-bond acceptors (Lipinski definition) is 2. The fourth-order valence-electron chi connectivity index (χ4n) is 8.37. The fraction of sp³-hybridized carbons (Fsp3) is 0.0435. The number of hydrogen-bond donors (Lipinski definition) is 0. The Hall–Kier alpha value is -5.70. The van der Waals surface area contributed by atoms with E-state index >= 15 is 0 Å². The Kier molecular flexibility index (Phi) is 5.44. The minimum atomic E-state index is 0.426. The molecule has 0 radical (unpaired) electrons. The molecule has 2 aromatic heterocycles. The highest BCUT2D eigenvalue weighted by Gasteiger charge is 2.23. The molecule has 2 aliphatic rings. The van der Waals surface area contributed by atoms with Gasteiger partial charge in [0.1, 0.15) is 11.2 Å². The van der Waals surface area contributed by atoms with Gasteiger partial charge in [-0.15, -0.1) is 11.3 Å². The molecule has 9 aromatic rings. The van der Waals surface area contributed by atoms with Gasteiger partial charge < -0.3 is 4.42 Å². The first-order chi connectivity index (χ1) is 23.8. The van der Waals surface area contributed by atoms with Crippen molar-refractivity contribution in [1.82, 2.24) is 0 Å². The zero-order valence-electron chi connectivity index (χ0n) is 26.0. The highest BCUT2D eigenvalue weighted by atomic mass is 32.1. The molecule has 7 aromatic carbocycles. The third-order valence-corrected chi connectivity index (χ3v) is 11.7. The second kappa shape index (κ2) is 9.90. The summed E-state index contributed by atoms with van der Waals surface area (Å²) in [5.74, 6) is 0.426. The molecule has 0 aliphatic heterocycles. The Morgan fingerprint density at radius 3 is 2.10 bits per heavy atom. The van der Waals surface area contributed by atoms with Crippen LogP contribution in [0.3, 0.4) is 0 Å². The predicted octanol–water partition coefficient (Wildman–Crippen LogP) is 13.5. The lowest BCUT2D eigenvalue weighted by atomic mass is 9.79. The van der Waals surface area contributed by atoms with E-state index in [4.69, 9.17) is 4.42 Å². The number of benzene rings is 7. The number of fused-ring (bicyclic) bond motifs is 11. The highest BCUT2D eigenvalue weighted by molar-refractivity contribution is 7.25. The van der Waals surface area contributed by atoms with Crippen molar-refractivity contribution in [3.8, 4) is 11.1 Å². The summed E-state index contributed by atoms with van der Waals surface area (Å²) >= 11 is 1.86. The van der Waals surface area contributed by atoms with E-state index in [9.17, 15) is 0 Å². The SMILES string of the molecule is C1=CC2=CC=C(c3c4ccccc4c(-c4ccc5oc6c7cc8sc9ccccc9c8cc7ccc6c5c4)c4ccccc34)CC2C=C1. The summed E-state index contributed by atoms with van der Waals surface area (Å²) in [6, 6.07) is 42.6. The van der Waals surface area contributed by atoms with Crippen LogP contribution in [-0.2, 0) is 0 Å². The largest absolute Gasteiger partial charge is 0.455 e. The first-order valence-electron chi connectivity index (χ1n) is 16.7. The summed E-state index contributed by atoms with van der Waals surface area (Å²) < 4.78 is 9.30. The van der Waals surface area contributed by atoms with Gasteiger partial charge in [0.2, 0.25) is 0 Å². The summed E-state index contributed by atoms with van der Waals surface area (Å²) in [6.45, 7) is 0. The van der Waals surface area contributed by atoms with Gasteiger partial charge in [-0.05, 0) is 97.6 Å². The van der Waals surface area contributed by atoms with Gasteiger partial charge >= 0.3 is 0 Å². The Labute approximate surface area is 281 Å². The van der Waals surface area contributed by atoms with Crippen LogP contribution in [0.15, 0.2) is 162 Å². The van der Waals surface area contributed by atoms with Crippen molar-refractivity contribution in [1.29, 1.82) is 0 Å². The van der Waals surface area contributed by atoms with Crippen LogP contribution in [0.4, 0.5) is 0 Å². The minimum absolute atomic E-state index is 0.426. The molecule has 0 spiro atoms. The van der Waals surface area contributed by atoms with Crippen molar-refractivity contribution in [3.63, 3.8) is 0 Å². The Morgan fingerprint density at radius 1 is 0.542 bits per heavy atom. The average molecular weight is 629 g/mol.